The van der Waals surface area contributed by atoms with Crippen LogP contribution in [-0.4, -0.2) is 35.7 Å². The van der Waals surface area contributed by atoms with E-state index in [1.165, 1.54) is 5.56 Å². The largest absolute Gasteiger partial charge is 0.493 e. The molecule has 1 unspecified atom stereocenters. The van der Waals surface area contributed by atoms with Crippen molar-refractivity contribution in [3.05, 3.63) is 29.8 Å². The Hall–Kier alpha value is -1.55. The number of ether oxygens (including phenoxy) is 1. The number of likely N-dealkylation sites (tertiary alicyclic amines) is 1. The van der Waals surface area contributed by atoms with Gasteiger partial charge in [-0.3, -0.25) is 9.69 Å². The molecule has 1 N–H and O–H groups in total. The Kier molecular flexibility index (Phi) is 4.44. The molecule has 2 aliphatic rings. The predicted octanol–water partition coefficient (Wildman–Crippen LogP) is 3.09. The van der Waals surface area contributed by atoms with Crippen molar-refractivity contribution in [1.82, 2.24) is 4.90 Å². The van der Waals surface area contributed by atoms with E-state index in [1.807, 2.05) is 6.07 Å². The lowest BCUT2D eigenvalue weighted by atomic mass is 9.89. The van der Waals surface area contributed by atoms with Crippen molar-refractivity contribution in [1.29, 1.82) is 0 Å². The molecule has 4 heteroatoms. The van der Waals surface area contributed by atoms with Crippen LogP contribution in [0, 0.1) is 5.92 Å². The van der Waals surface area contributed by atoms with E-state index in [-0.39, 0.29) is 0 Å². The molecule has 1 atom stereocenters. The normalized spacial score (nSPS) is 23.3. The average Bonchev–Trinajstić information content (AvgIpc) is 2.53. The Bertz CT molecular complexity index is 495. The molecular formula is C17H23NO3. The fourth-order valence-electron chi connectivity index (χ4n) is 3.58. The van der Waals surface area contributed by atoms with Crippen LogP contribution in [0.25, 0.3) is 0 Å². The number of hydrogen-bond acceptors (Lipinski definition) is 3. The van der Waals surface area contributed by atoms with Gasteiger partial charge in [-0.25, -0.2) is 0 Å². The molecule has 21 heavy (non-hydrogen) atoms. The number of rotatable bonds is 4. The number of benzene rings is 1. The predicted molar refractivity (Wildman–Crippen MR) is 80.5 cm³/mol. The number of piperidine rings is 1. The molecule has 1 fully saturated rings. The molecule has 1 aromatic carbocycles. The summed E-state index contributed by atoms with van der Waals surface area (Å²) < 4.78 is 5.74. The first-order chi connectivity index (χ1) is 10.2. The number of fused-ring (bicyclic) bond motifs is 1. The molecule has 114 valence electrons. The topological polar surface area (TPSA) is 49.8 Å². The summed E-state index contributed by atoms with van der Waals surface area (Å²) in [5, 5.41) is 8.78. The van der Waals surface area contributed by atoms with Crippen LogP contribution in [-0.2, 0) is 4.79 Å². The van der Waals surface area contributed by atoms with Crippen LogP contribution >= 0.6 is 0 Å². The van der Waals surface area contributed by atoms with Crippen molar-refractivity contribution in [3.8, 4) is 5.75 Å². The third-order valence-electron chi connectivity index (χ3n) is 4.78. The molecule has 0 aliphatic carbocycles. The highest BCUT2D eigenvalue weighted by molar-refractivity contribution is 5.66. The maximum absolute atomic E-state index is 10.7. The summed E-state index contributed by atoms with van der Waals surface area (Å²) in [4.78, 5) is 13.2. The summed E-state index contributed by atoms with van der Waals surface area (Å²) in [5.74, 6) is 0.935. The van der Waals surface area contributed by atoms with Gasteiger partial charge in [-0.05, 0) is 44.3 Å². The van der Waals surface area contributed by atoms with Crippen molar-refractivity contribution in [2.24, 2.45) is 5.92 Å². The van der Waals surface area contributed by atoms with Gasteiger partial charge in [0.15, 0.2) is 0 Å². The Morgan fingerprint density at radius 1 is 1.24 bits per heavy atom. The lowest BCUT2D eigenvalue weighted by molar-refractivity contribution is -0.137. The van der Waals surface area contributed by atoms with E-state index < -0.39 is 5.97 Å². The molecule has 0 aromatic heterocycles. The van der Waals surface area contributed by atoms with E-state index in [2.05, 4.69) is 23.1 Å². The molecule has 0 saturated carbocycles. The first-order valence-corrected chi connectivity index (χ1v) is 7.91. The van der Waals surface area contributed by atoms with E-state index in [0.29, 0.717) is 18.4 Å². The number of hydrogen-bond donors (Lipinski definition) is 1. The van der Waals surface area contributed by atoms with Crippen LogP contribution in [0.5, 0.6) is 5.75 Å². The molecule has 2 heterocycles. The highest BCUT2D eigenvalue weighted by atomic mass is 16.5. The van der Waals surface area contributed by atoms with Crippen molar-refractivity contribution in [3.63, 3.8) is 0 Å². The Balaban J connectivity index is 1.59. The van der Waals surface area contributed by atoms with Crippen LogP contribution in [0.4, 0.5) is 0 Å². The molecule has 1 aromatic rings. The van der Waals surface area contributed by atoms with E-state index in [4.69, 9.17) is 9.84 Å². The maximum atomic E-state index is 10.7. The molecule has 4 nitrogen and oxygen atoms in total. The second-order valence-corrected chi connectivity index (χ2v) is 6.10. The van der Waals surface area contributed by atoms with Gasteiger partial charge in [-0.2, -0.15) is 0 Å². The van der Waals surface area contributed by atoms with Crippen molar-refractivity contribution in [2.75, 3.05) is 19.7 Å². The van der Waals surface area contributed by atoms with E-state index in [9.17, 15) is 4.79 Å². The van der Waals surface area contributed by atoms with Crippen molar-refractivity contribution < 1.29 is 14.6 Å². The monoisotopic (exact) mass is 289 g/mol. The molecule has 0 bridgehead atoms. The van der Waals surface area contributed by atoms with Gasteiger partial charge in [0, 0.05) is 24.4 Å². The van der Waals surface area contributed by atoms with Gasteiger partial charge in [-0.1, -0.05) is 18.2 Å². The number of nitrogens with zero attached hydrogens (tertiary/aromatic N) is 1. The minimum absolute atomic E-state index is 0.310. The zero-order chi connectivity index (χ0) is 14.7. The highest BCUT2D eigenvalue weighted by Gasteiger charge is 2.29. The average molecular weight is 289 g/mol. The van der Waals surface area contributed by atoms with Crippen LogP contribution in [0.3, 0.4) is 0 Å². The van der Waals surface area contributed by atoms with Crippen molar-refractivity contribution in [2.45, 2.75) is 38.1 Å². The van der Waals surface area contributed by atoms with Crippen LogP contribution in [0.15, 0.2) is 24.3 Å². The first-order valence-electron chi connectivity index (χ1n) is 7.91. The molecule has 0 radical (unpaired) electrons. The van der Waals surface area contributed by atoms with E-state index >= 15 is 0 Å². The summed E-state index contributed by atoms with van der Waals surface area (Å²) in [7, 11) is 0. The van der Waals surface area contributed by atoms with Crippen LogP contribution < -0.4 is 4.74 Å². The summed E-state index contributed by atoms with van der Waals surface area (Å²) in [6, 6.07) is 8.81. The Morgan fingerprint density at radius 2 is 2.00 bits per heavy atom. The number of carboxylic acids is 1. The van der Waals surface area contributed by atoms with Gasteiger partial charge in [0.25, 0.3) is 0 Å². The quantitative estimate of drug-likeness (QED) is 0.925. The molecular weight excluding hydrogens is 266 g/mol. The summed E-state index contributed by atoms with van der Waals surface area (Å²) in [5.41, 5.74) is 1.31. The zero-order valence-corrected chi connectivity index (χ0v) is 12.3. The van der Waals surface area contributed by atoms with Gasteiger partial charge in [0.05, 0.1) is 6.61 Å². The fourth-order valence-corrected chi connectivity index (χ4v) is 3.58. The molecule has 1 saturated heterocycles. The first kappa shape index (κ1) is 14.4. The molecule has 3 rings (SSSR count). The van der Waals surface area contributed by atoms with Gasteiger partial charge >= 0.3 is 5.97 Å². The summed E-state index contributed by atoms with van der Waals surface area (Å²) in [6.45, 7) is 2.94. The number of carboxylic acid groups (broad SMARTS) is 1. The Labute approximate surface area is 125 Å². The maximum Gasteiger partial charge on any atom is 0.303 e. The molecule has 2 aliphatic heterocycles. The lowest BCUT2D eigenvalue weighted by Crippen LogP contribution is -2.38. The summed E-state index contributed by atoms with van der Waals surface area (Å²) >= 11 is 0. The smallest absolute Gasteiger partial charge is 0.303 e. The molecule has 0 spiro atoms. The van der Waals surface area contributed by atoms with Crippen LogP contribution in [0.2, 0.25) is 0 Å². The minimum atomic E-state index is -0.671. The second kappa shape index (κ2) is 6.48. The van der Waals surface area contributed by atoms with Crippen molar-refractivity contribution >= 4 is 5.97 Å². The van der Waals surface area contributed by atoms with Crippen LogP contribution in [0.1, 0.15) is 43.7 Å². The van der Waals surface area contributed by atoms with E-state index in [1.54, 1.807) is 0 Å². The van der Waals surface area contributed by atoms with Gasteiger partial charge in [0.1, 0.15) is 5.75 Å². The number of carbonyl (C=O) groups is 1. The van der Waals surface area contributed by atoms with Gasteiger partial charge in [-0.15, -0.1) is 0 Å². The highest BCUT2D eigenvalue weighted by Crippen LogP contribution is 2.37. The second-order valence-electron chi connectivity index (χ2n) is 6.10. The van der Waals surface area contributed by atoms with E-state index in [0.717, 1.165) is 51.1 Å². The standard InChI is InChI=1S/C17H23NO3/c19-17(20)6-5-13-7-10-18(11-8-13)15-9-12-21-16-4-2-1-3-14(15)16/h1-4,13,15H,5-12H2,(H,19,20). The summed E-state index contributed by atoms with van der Waals surface area (Å²) in [6.07, 6.45) is 4.43. The molecule has 0 amide bonds. The number of para-hydroxylation sites is 1. The zero-order valence-electron chi connectivity index (χ0n) is 12.3. The number of aliphatic carboxylic acids is 1. The minimum Gasteiger partial charge on any atom is -0.493 e. The third-order valence-corrected chi connectivity index (χ3v) is 4.78. The SMILES string of the molecule is O=C(O)CCC1CCN(C2CCOc3ccccc32)CC1. The van der Waals surface area contributed by atoms with Gasteiger partial charge < -0.3 is 9.84 Å². The fraction of sp³-hybridized carbons (Fsp3) is 0.588. The third kappa shape index (κ3) is 3.38. The lowest BCUT2D eigenvalue weighted by Gasteiger charge is -2.40. The van der Waals surface area contributed by atoms with Gasteiger partial charge in [0.2, 0.25) is 0 Å². The Morgan fingerprint density at radius 3 is 2.76 bits per heavy atom.